The van der Waals surface area contributed by atoms with Crippen LogP contribution in [0.4, 0.5) is 5.69 Å². The molecule has 0 fully saturated rings. The minimum Gasteiger partial charge on any atom is -0.451 e. The number of hydrogen-bond acceptors (Lipinski definition) is 5. The second kappa shape index (κ2) is 8.84. The van der Waals surface area contributed by atoms with Crippen molar-refractivity contribution in [3.05, 3.63) is 57.3 Å². The van der Waals surface area contributed by atoms with E-state index in [1.165, 1.54) is 6.08 Å². The van der Waals surface area contributed by atoms with Gasteiger partial charge in [-0.3, -0.25) is 4.79 Å². The van der Waals surface area contributed by atoms with Crippen LogP contribution in [0.1, 0.15) is 17.0 Å². The van der Waals surface area contributed by atoms with Gasteiger partial charge >= 0.3 is 5.97 Å². The first-order valence-electron chi connectivity index (χ1n) is 7.76. The molecule has 0 radical (unpaired) electrons. The minimum absolute atomic E-state index is 0.260. The molecule has 27 heavy (non-hydrogen) atoms. The fourth-order valence-electron chi connectivity index (χ4n) is 2.21. The third-order valence-corrected chi connectivity index (χ3v) is 4.32. The standard InChI is InChI=1S/C19H15BrN4O3/c1-12-13(8-17(10-22)24(12)2)7-14(9-21)19(26)27-11-18(25)23-16-5-3-15(20)4-6-16/h3-8H,11H2,1-2H3,(H,23,25). The Morgan fingerprint density at radius 3 is 2.52 bits per heavy atom. The largest absolute Gasteiger partial charge is 0.451 e. The van der Waals surface area contributed by atoms with Crippen molar-refractivity contribution in [2.24, 2.45) is 7.05 Å². The van der Waals surface area contributed by atoms with Gasteiger partial charge in [0.1, 0.15) is 23.4 Å². The number of benzene rings is 1. The molecule has 136 valence electrons. The second-order valence-corrected chi connectivity index (χ2v) is 6.46. The van der Waals surface area contributed by atoms with Gasteiger partial charge in [0, 0.05) is 22.9 Å². The van der Waals surface area contributed by atoms with Gasteiger partial charge in [-0.05, 0) is 48.9 Å². The van der Waals surface area contributed by atoms with E-state index in [1.807, 2.05) is 6.07 Å². The SMILES string of the molecule is Cc1c(C=C(C#N)C(=O)OCC(=O)Nc2ccc(Br)cc2)cc(C#N)n1C. The van der Waals surface area contributed by atoms with Crippen molar-refractivity contribution in [2.75, 3.05) is 11.9 Å². The first-order valence-corrected chi connectivity index (χ1v) is 8.55. The number of halogens is 1. The molecule has 1 aromatic heterocycles. The van der Waals surface area contributed by atoms with Crippen LogP contribution in [0, 0.1) is 29.6 Å². The van der Waals surface area contributed by atoms with Gasteiger partial charge in [-0.25, -0.2) is 4.79 Å². The molecular weight excluding hydrogens is 412 g/mol. The molecular formula is C19H15BrN4O3. The van der Waals surface area contributed by atoms with Crippen LogP contribution in [0.5, 0.6) is 0 Å². The van der Waals surface area contributed by atoms with Gasteiger partial charge in [0.15, 0.2) is 6.61 Å². The molecule has 0 saturated heterocycles. The third-order valence-electron chi connectivity index (χ3n) is 3.79. The number of ether oxygens (including phenoxy) is 1. The van der Waals surface area contributed by atoms with Crippen molar-refractivity contribution in [1.82, 2.24) is 4.57 Å². The molecule has 0 aliphatic rings. The Bertz CT molecular complexity index is 992. The first kappa shape index (κ1) is 20.0. The fraction of sp³-hybridized carbons (Fsp3) is 0.158. The lowest BCUT2D eigenvalue weighted by atomic mass is 10.1. The van der Waals surface area contributed by atoms with Crippen LogP contribution in [0.2, 0.25) is 0 Å². The lowest BCUT2D eigenvalue weighted by molar-refractivity contribution is -0.142. The summed E-state index contributed by atoms with van der Waals surface area (Å²) in [5.41, 5.74) is 1.98. The highest BCUT2D eigenvalue weighted by Crippen LogP contribution is 2.17. The molecule has 0 bridgehead atoms. The molecule has 0 atom stereocenters. The number of carbonyl (C=O) groups is 2. The van der Waals surface area contributed by atoms with Gasteiger partial charge in [-0.15, -0.1) is 0 Å². The average molecular weight is 427 g/mol. The Hall–Kier alpha value is -3.36. The van der Waals surface area contributed by atoms with Gasteiger partial charge in [0.2, 0.25) is 0 Å². The maximum absolute atomic E-state index is 12.1. The van der Waals surface area contributed by atoms with Crippen LogP contribution in [-0.2, 0) is 21.4 Å². The van der Waals surface area contributed by atoms with Crippen LogP contribution >= 0.6 is 15.9 Å². The van der Waals surface area contributed by atoms with Gasteiger partial charge in [-0.1, -0.05) is 15.9 Å². The van der Waals surface area contributed by atoms with E-state index in [-0.39, 0.29) is 5.57 Å². The minimum atomic E-state index is -0.912. The smallest absolute Gasteiger partial charge is 0.349 e. The Labute approximate surface area is 164 Å². The van der Waals surface area contributed by atoms with Gasteiger partial charge < -0.3 is 14.6 Å². The lowest BCUT2D eigenvalue weighted by Crippen LogP contribution is -2.21. The van der Waals surface area contributed by atoms with Gasteiger partial charge in [-0.2, -0.15) is 10.5 Å². The van der Waals surface area contributed by atoms with Crippen LogP contribution in [0.3, 0.4) is 0 Å². The molecule has 1 amide bonds. The molecule has 1 aromatic carbocycles. The zero-order valence-electron chi connectivity index (χ0n) is 14.6. The number of aromatic nitrogens is 1. The third kappa shape index (κ3) is 5.06. The predicted molar refractivity (Wildman–Crippen MR) is 102 cm³/mol. The number of nitrogens with zero attached hydrogens (tertiary/aromatic N) is 3. The quantitative estimate of drug-likeness (QED) is 0.448. The predicted octanol–water partition coefficient (Wildman–Crippen LogP) is 3.06. The maximum Gasteiger partial charge on any atom is 0.349 e. The normalized spacial score (nSPS) is 10.6. The van der Waals surface area contributed by atoms with Crippen LogP contribution in [-0.4, -0.2) is 23.1 Å². The van der Waals surface area contributed by atoms with E-state index < -0.39 is 18.5 Å². The Morgan fingerprint density at radius 2 is 1.96 bits per heavy atom. The zero-order valence-corrected chi connectivity index (χ0v) is 16.2. The average Bonchev–Trinajstić information content (AvgIpc) is 2.93. The fourth-order valence-corrected chi connectivity index (χ4v) is 2.47. The summed E-state index contributed by atoms with van der Waals surface area (Å²) in [5, 5.41) is 20.8. The maximum atomic E-state index is 12.1. The van der Waals surface area contributed by atoms with Crippen LogP contribution < -0.4 is 5.32 Å². The summed E-state index contributed by atoms with van der Waals surface area (Å²) in [6, 6.07) is 12.3. The zero-order chi connectivity index (χ0) is 20.0. The van der Waals surface area contributed by atoms with Crippen molar-refractivity contribution in [1.29, 1.82) is 10.5 Å². The monoisotopic (exact) mass is 426 g/mol. The number of nitriles is 2. The first-order chi connectivity index (χ1) is 12.8. The van der Waals surface area contributed by atoms with E-state index in [1.54, 1.807) is 54.9 Å². The lowest BCUT2D eigenvalue weighted by Gasteiger charge is -2.06. The van der Waals surface area contributed by atoms with Crippen molar-refractivity contribution >= 4 is 39.6 Å². The second-order valence-electron chi connectivity index (χ2n) is 5.54. The van der Waals surface area contributed by atoms with E-state index >= 15 is 0 Å². The molecule has 0 aliphatic heterocycles. The topological polar surface area (TPSA) is 108 Å². The molecule has 8 heteroatoms. The van der Waals surface area contributed by atoms with Gasteiger partial charge in [0.25, 0.3) is 5.91 Å². The van der Waals surface area contributed by atoms with E-state index in [4.69, 9.17) is 10.00 Å². The summed E-state index contributed by atoms with van der Waals surface area (Å²) in [5.74, 6) is -1.43. The van der Waals surface area contributed by atoms with Crippen LogP contribution in [0.25, 0.3) is 6.08 Å². The number of carbonyl (C=O) groups excluding carboxylic acids is 2. The number of rotatable bonds is 5. The van der Waals surface area contributed by atoms with E-state index in [9.17, 15) is 14.9 Å². The summed E-state index contributed by atoms with van der Waals surface area (Å²) in [7, 11) is 1.71. The summed E-state index contributed by atoms with van der Waals surface area (Å²) in [6.07, 6.45) is 1.34. The molecule has 2 aromatic rings. The molecule has 0 saturated carbocycles. The summed E-state index contributed by atoms with van der Waals surface area (Å²) < 4.78 is 7.42. The van der Waals surface area contributed by atoms with E-state index in [0.29, 0.717) is 16.9 Å². The number of amides is 1. The number of anilines is 1. The van der Waals surface area contributed by atoms with Crippen molar-refractivity contribution in [3.8, 4) is 12.1 Å². The van der Waals surface area contributed by atoms with Crippen molar-refractivity contribution in [3.63, 3.8) is 0 Å². The number of esters is 1. The number of nitrogens with one attached hydrogen (secondary N) is 1. The summed E-state index contributed by atoms with van der Waals surface area (Å²) >= 11 is 3.29. The highest BCUT2D eigenvalue weighted by Gasteiger charge is 2.15. The number of hydrogen-bond donors (Lipinski definition) is 1. The Morgan fingerprint density at radius 1 is 1.30 bits per heavy atom. The van der Waals surface area contributed by atoms with E-state index in [2.05, 4.69) is 21.2 Å². The van der Waals surface area contributed by atoms with Gasteiger partial charge in [0.05, 0.1) is 0 Å². The Kier molecular flexibility index (Phi) is 6.53. The highest BCUT2D eigenvalue weighted by atomic mass is 79.9. The Balaban J connectivity index is 2.03. The van der Waals surface area contributed by atoms with E-state index in [0.717, 1.165) is 10.2 Å². The molecule has 0 aliphatic carbocycles. The molecule has 1 heterocycles. The van der Waals surface area contributed by atoms with Crippen molar-refractivity contribution < 1.29 is 14.3 Å². The molecule has 1 N–H and O–H groups in total. The van der Waals surface area contributed by atoms with Crippen LogP contribution in [0.15, 0.2) is 40.4 Å². The molecule has 0 unspecified atom stereocenters. The summed E-state index contributed by atoms with van der Waals surface area (Å²) in [4.78, 5) is 24.0. The highest BCUT2D eigenvalue weighted by molar-refractivity contribution is 9.10. The molecule has 2 rings (SSSR count). The molecule has 0 spiro atoms. The van der Waals surface area contributed by atoms with Crippen molar-refractivity contribution in [2.45, 2.75) is 6.92 Å². The molecule has 7 nitrogen and oxygen atoms in total. The summed E-state index contributed by atoms with van der Waals surface area (Å²) in [6.45, 7) is 1.24.